The van der Waals surface area contributed by atoms with Crippen LogP contribution >= 0.6 is 11.6 Å². The van der Waals surface area contributed by atoms with E-state index in [1.807, 2.05) is 6.92 Å². The van der Waals surface area contributed by atoms with Crippen molar-refractivity contribution in [3.63, 3.8) is 0 Å². The van der Waals surface area contributed by atoms with Crippen LogP contribution in [0.5, 0.6) is 0 Å². The van der Waals surface area contributed by atoms with Crippen LogP contribution in [0.25, 0.3) is 0 Å². The Balaban J connectivity index is 2.39. The van der Waals surface area contributed by atoms with E-state index >= 15 is 0 Å². The molecule has 0 radical (unpaired) electrons. The summed E-state index contributed by atoms with van der Waals surface area (Å²) >= 11 is 5.90. The summed E-state index contributed by atoms with van der Waals surface area (Å²) in [6.07, 6.45) is 2.65. The summed E-state index contributed by atoms with van der Waals surface area (Å²) in [5.74, 6) is -0.107. The van der Waals surface area contributed by atoms with Crippen molar-refractivity contribution < 1.29 is 9.90 Å². The molecular formula is C15H24ClN3O2. The Morgan fingerprint density at radius 1 is 1.52 bits per heavy atom. The number of anilines is 1. The number of pyridine rings is 1. The van der Waals surface area contributed by atoms with Crippen LogP contribution in [0.4, 0.5) is 5.69 Å². The van der Waals surface area contributed by atoms with Gasteiger partial charge in [0.1, 0.15) is 0 Å². The van der Waals surface area contributed by atoms with Crippen molar-refractivity contribution in [3.8, 4) is 0 Å². The summed E-state index contributed by atoms with van der Waals surface area (Å²) in [7, 11) is 0. The summed E-state index contributed by atoms with van der Waals surface area (Å²) in [4.78, 5) is 15.9. The molecule has 0 fully saturated rings. The molecule has 0 aromatic carbocycles. The number of halogens is 1. The molecule has 21 heavy (non-hydrogen) atoms. The van der Waals surface area contributed by atoms with E-state index in [0.29, 0.717) is 12.1 Å². The van der Waals surface area contributed by atoms with Gasteiger partial charge in [-0.25, -0.2) is 4.98 Å². The molecule has 1 unspecified atom stereocenters. The summed E-state index contributed by atoms with van der Waals surface area (Å²) in [5, 5.41) is 15.3. The first-order valence-corrected chi connectivity index (χ1v) is 7.46. The molecule has 1 atom stereocenters. The van der Waals surface area contributed by atoms with Gasteiger partial charge in [0.05, 0.1) is 5.69 Å². The minimum absolute atomic E-state index is 0.00610. The van der Waals surface area contributed by atoms with Crippen LogP contribution in [0, 0.1) is 5.41 Å². The lowest BCUT2D eigenvalue weighted by Gasteiger charge is -2.26. The molecule has 1 heterocycles. The number of rotatable bonds is 8. The van der Waals surface area contributed by atoms with E-state index < -0.39 is 0 Å². The number of amides is 1. The van der Waals surface area contributed by atoms with E-state index in [1.165, 1.54) is 0 Å². The van der Waals surface area contributed by atoms with Crippen molar-refractivity contribution in [2.75, 3.05) is 18.5 Å². The molecule has 1 amide bonds. The summed E-state index contributed by atoms with van der Waals surface area (Å²) in [6, 6.07) is 3.48. The number of nitrogens with one attached hydrogen (secondary N) is 2. The van der Waals surface area contributed by atoms with Gasteiger partial charge in [0.15, 0.2) is 5.15 Å². The Morgan fingerprint density at radius 2 is 2.24 bits per heavy atom. The molecule has 0 aliphatic heterocycles. The minimum Gasteiger partial charge on any atom is -0.396 e. The van der Waals surface area contributed by atoms with Crippen molar-refractivity contribution in [3.05, 3.63) is 23.5 Å². The molecule has 0 aliphatic carbocycles. The first kappa shape index (κ1) is 17.9. The number of nitrogens with zero attached hydrogens (tertiary/aromatic N) is 1. The Bertz CT molecular complexity index is 466. The summed E-state index contributed by atoms with van der Waals surface area (Å²) < 4.78 is 0. The smallest absolute Gasteiger partial charge is 0.226 e. The first-order chi connectivity index (χ1) is 9.84. The van der Waals surface area contributed by atoms with Gasteiger partial charge in [-0.05, 0) is 30.9 Å². The average molecular weight is 314 g/mol. The zero-order chi connectivity index (χ0) is 15.9. The van der Waals surface area contributed by atoms with Crippen molar-refractivity contribution in [1.29, 1.82) is 0 Å². The molecule has 0 bridgehead atoms. The lowest BCUT2D eigenvalue weighted by Crippen LogP contribution is -2.37. The molecule has 0 saturated heterocycles. The second-order valence-electron chi connectivity index (χ2n) is 6.01. The van der Waals surface area contributed by atoms with Gasteiger partial charge in [0.25, 0.3) is 0 Å². The van der Waals surface area contributed by atoms with E-state index in [0.717, 1.165) is 13.0 Å². The van der Waals surface area contributed by atoms with Gasteiger partial charge in [-0.2, -0.15) is 0 Å². The van der Waals surface area contributed by atoms with Gasteiger partial charge >= 0.3 is 0 Å². The molecule has 118 valence electrons. The van der Waals surface area contributed by atoms with E-state index in [1.54, 1.807) is 18.3 Å². The maximum atomic E-state index is 11.9. The molecular weight excluding hydrogens is 290 g/mol. The van der Waals surface area contributed by atoms with Gasteiger partial charge in [-0.3, -0.25) is 4.79 Å². The zero-order valence-corrected chi connectivity index (χ0v) is 13.6. The fourth-order valence-electron chi connectivity index (χ4n) is 1.87. The van der Waals surface area contributed by atoms with Crippen molar-refractivity contribution >= 4 is 23.2 Å². The highest BCUT2D eigenvalue weighted by atomic mass is 35.5. The normalized spacial score (nSPS) is 13.0. The van der Waals surface area contributed by atoms with Crippen molar-refractivity contribution in [1.82, 2.24) is 10.3 Å². The molecule has 1 aromatic rings. The number of hydrogen-bond acceptors (Lipinski definition) is 4. The Morgan fingerprint density at radius 3 is 2.86 bits per heavy atom. The van der Waals surface area contributed by atoms with Gasteiger partial charge in [-0.15, -0.1) is 0 Å². The standard InChI is InChI=1S/C15H24ClN3O2/c1-11(18-10-15(2,3)6-8-20)9-13(21)19-12-5-4-7-17-14(12)16/h4-5,7,11,18,20H,6,8-10H2,1-3H3,(H,19,21). The summed E-state index contributed by atoms with van der Waals surface area (Å²) in [5.41, 5.74) is 0.531. The second kappa shape index (κ2) is 8.32. The average Bonchev–Trinajstić information content (AvgIpc) is 2.39. The van der Waals surface area contributed by atoms with Gasteiger partial charge in [-0.1, -0.05) is 25.4 Å². The third-order valence-corrected chi connectivity index (χ3v) is 3.54. The molecule has 0 saturated carbocycles. The topological polar surface area (TPSA) is 74.2 Å². The number of aromatic nitrogens is 1. The van der Waals surface area contributed by atoms with Crippen LogP contribution in [-0.4, -0.2) is 35.2 Å². The Labute approximate surface area is 131 Å². The maximum absolute atomic E-state index is 11.9. The number of aliphatic hydroxyl groups is 1. The highest BCUT2D eigenvalue weighted by Gasteiger charge is 2.19. The molecule has 1 rings (SSSR count). The Hall–Kier alpha value is -1.17. The van der Waals surface area contributed by atoms with Crippen LogP contribution < -0.4 is 10.6 Å². The fraction of sp³-hybridized carbons (Fsp3) is 0.600. The van der Waals surface area contributed by atoms with Crippen LogP contribution in [0.2, 0.25) is 5.15 Å². The third kappa shape index (κ3) is 6.89. The van der Waals surface area contributed by atoms with E-state index in [4.69, 9.17) is 16.7 Å². The molecule has 5 nitrogen and oxygen atoms in total. The zero-order valence-electron chi connectivity index (χ0n) is 12.8. The summed E-state index contributed by atoms with van der Waals surface area (Å²) in [6.45, 7) is 7.04. The quantitative estimate of drug-likeness (QED) is 0.644. The Kier molecular flexibility index (Phi) is 7.08. The lowest BCUT2D eigenvalue weighted by atomic mass is 9.89. The molecule has 3 N–H and O–H groups in total. The van der Waals surface area contributed by atoms with Crippen LogP contribution in [0.15, 0.2) is 18.3 Å². The number of carbonyl (C=O) groups is 1. The van der Waals surface area contributed by atoms with E-state index in [2.05, 4.69) is 29.5 Å². The third-order valence-electron chi connectivity index (χ3n) is 3.24. The van der Waals surface area contributed by atoms with Crippen LogP contribution in [0.3, 0.4) is 0 Å². The second-order valence-corrected chi connectivity index (χ2v) is 6.37. The predicted octanol–water partition coefficient (Wildman–Crippen LogP) is 2.45. The number of aliphatic hydroxyl groups excluding tert-OH is 1. The molecule has 1 aromatic heterocycles. The largest absolute Gasteiger partial charge is 0.396 e. The van der Waals surface area contributed by atoms with E-state index in [9.17, 15) is 4.79 Å². The highest BCUT2D eigenvalue weighted by Crippen LogP contribution is 2.19. The monoisotopic (exact) mass is 313 g/mol. The van der Waals surface area contributed by atoms with Gasteiger partial charge in [0, 0.05) is 31.8 Å². The predicted molar refractivity (Wildman–Crippen MR) is 85.4 cm³/mol. The molecule has 6 heteroatoms. The fourth-order valence-corrected chi connectivity index (χ4v) is 2.04. The lowest BCUT2D eigenvalue weighted by molar-refractivity contribution is -0.116. The van der Waals surface area contributed by atoms with Gasteiger partial charge < -0.3 is 15.7 Å². The number of hydrogen-bond donors (Lipinski definition) is 3. The first-order valence-electron chi connectivity index (χ1n) is 7.08. The van der Waals surface area contributed by atoms with E-state index in [-0.39, 0.29) is 29.1 Å². The van der Waals surface area contributed by atoms with Gasteiger partial charge in [0.2, 0.25) is 5.91 Å². The van der Waals surface area contributed by atoms with Crippen molar-refractivity contribution in [2.24, 2.45) is 5.41 Å². The molecule has 0 aliphatic rings. The van der Waals surface area contributed by atoms with Crippen molar-refractivity contribution in [2.45, 2.75) is 39.7 Å². The SMILES string of the molecule is CC(CC(=O)Nc1cccnc1Cl)NCC(C)(C)CCO. The highest BCUT2D eigenvalue weighted by molar-refractivity contribution is 6.32. The number of carbonyl (C=O) groups excluding carboxylic acids is 1. The minimum atomic E-state index is -0.107. The van der Waals surface area contributed by atoms with Crippen LogP contribution in [0.1, 0.15) is 33.6 Å². The van der Waals surface area contributed by atoms with Crippen LogP contribution in [-0.2, 0) is 4.79 Å². The maximum Gasteiger partial charge on any atom is 0.226 e. The molecule has 0 spiro atoms.